The van der Waals surface area contributed by atoms with Gasteiger partial charge in [0.15, 0.2) is 0 Å². The second kappa shape index (κ2) is 67.4. The maximum atomic E-state index is 13.3. The van der Waals surface area contributed by atoms with Gasteiger partial charge in [-0.1, -0.05) is 41.5 Å². The molecule has 0 rings (SSSR count). The largest absolute Gasteiger partial charge is 0.453 e. The monoisotopic (exact) mass is 2070 g/mol. The zero-order chi connectivity index (χ0) is 104. The van der Waals surface area contributed by atoms with Crippen molar-refractivity contribution in [3.63, 3.8) is 0 Å². The smallest absolute Gasteiger partial charge is 0.396 e. The van der Waals surface area contributed by atoms with Gasteiger partial charge in [-0.25, -0.2) is 17.6 Å². The van der Waals surface area contributed by atoms with E-state index >= 15 is 0 Å². The summed E-state index contributed by atoms with van der Waals surface area (Å²) in [6.45, 7) is -1.40. The Labute approximate surface area is 761 Å². The van der Waals surface area contributed by atoms with Gasteiger partial charge in [0.05, 0.1) is 211 Å². The molecule has 0 aromatic heterocycles. The van der Waals surface area contributed by atoms with Crippen LogP contribution < -0.4 is 0 Å². The minimum absolute atomic E-state index is 0. The lowest BCUT2D eigenvalue weighted by Crippen LogP contribution is -2.38. The fourth-order valence-corrected chi connectivity index (χ4v) is 9.43. The second-order valence-corrected chi connectivity index (χ2v) is 33.8. The van der Waals surface area contributed by atoms with Crippen LogP contribution in [0.4, 0.5) is 140 Å². The molecule has 56 heteroatoms. The summed E-state index contributed by atoms with van der Waals surface area (Å²) < 4.78 is 476. The standard InChI is InChI=1S/C23H38F10O6.C20H32F10O6.C19H34F6O6.C16H28F6O6.4H2/c1-18(12-34,16-38-8-4-20(24,25)10-22(28,29)30)14-36-6-3-7-37-15-19(2,13-35)17-39-9-5-21(26,27)11-23(31,32)33;1-16(12-32,14-36-8-4-18(23,24)20(28,29)30)13-35-6-2-5-33-10-15(9-31)11-34-7-3-17(21,22)19(25,26)27;1-16(10-26,14-30-8-4-18(20,21)22)12-28-6-3-7-29-13-17(2,11-27)15-31-9-5-19(23,24)25;1-14(8-24,10-28-12-16(20,21)22)9-26-4-2-3-25-6-13(5-23)7-27-11-15(17,18)19;;;;/h34-35H,3-17H2,1-2H3;15,31-32H,2-14H2,1H3;26-27H,3-15H2,1-2H3;13,23-24H,2-12H2,1H3;4*1H. The molecule has 0 heterocycles. The summed E-state index contributed by atoms with van der Waals surface area (Å²) in [7, 11) is 0. The van der Waals surface area contributed by atoms with E-state index in [0.717, 1.165) is 0 Å². The van der Waals surface area contributed by atoms with Crippen LogP contribution in [-0.2, 0) is 75.8 Å². The Morgan fingerprint density at radius 2 is 0.373 bits per heavy atom. The minimum atomic E-state index is -5.68. The van der Waals surface area contributed by atoms with Gasteiger partial charge in [0.25, 0.3) is 11.8 Å². The van der Waals surface area contributed by atoms with Gasteiger partial charge in [-0.3, -0.25) is 0 Å². The van der Waals surface area contributed by atoms with Crippen molar-refractivity contribution in [2.75, 3.05) is 264 Å². The zero-order valence-corrected chi connectivity index (χ0v) is 75.1. The quantitative estimate of drug-likeness (QED) is 0.0207. The molecule has 0 saturated carbocycles. The van der Waals surface area contributed by atoms with Gasteiger partial charge in [0, 0.05) is 129 Å². The number of hydrogen-bond acceptors (Lipinski definition) is 24. The summed E-state index contributed by atoms with van der Waals surface area (Å²) in [6, 6.07) is 0. The molecular weight excluding hydrogens is 1930 g/mol. The Hall–Kier alpha value is -3.20. The topological polar surface area (TPSA) is 310 Å². The Bertz CT molecular complexity index is 2760. The molecule has 0 aliphatic carbocycles. The first-order chi connectivity index (χ1) is 61.2. The van der Waals surface area contributed by atoms with Crippen molar-refractivity contribution in [3.8, 4) is 0 Å². The van der Waals surface area contributed by atoms with Crippen molar-refractivity contribution in [1.82, 2.24) is 0 Å². The zero-order valence-electron chi connectivity index (χ0n) is 75.1. The maximum absolute atomic E-state index is 13.3. The third-order valence-electron chi connectivity index (χ3n) is 17.6. The number of aliphatic hydroxyl groups is 8. The van der Waals surface area contributed by atoms with Crippen LogP contribution in [0.15, 0.2) is 0 Å². The van der Waals surface area contributed by atoms with Crippen LogP contribution in [0.25, 0.3) is 0 Å². The van der Waals surface area contributed by atoms with E-state index in [1.165, 1.54) is 27.7 Å². The van der Waals surface area contributed by atoms with Crippen molar-refractivity contribution >= 4 is 0 Å². The first kappa shape index (κ1) is 137. The molecule has 0 spiro atoms. The summed E-state index contributed by atoms with van der Waals surface area (Å²) in [5.74, 6) is -18.9. The summed E-state index contributed by atoms with van der Waals surface area (Å²) in [6.07, 6.45) is -49.3. The molecule has 0 aliphatic heterocycles. The van der Waals surface area contributed by atoms with Crippen molar-refractivity contribution in [3.05, 3.63) is 0 Å². The first-order valence-electron chi connectivity index (χ1n) is 41.4. The summed E-state index contributed by atoms with van der Waals surface area (Å²) >= 11 is 0. The number of halogens is 32. The van der Waals surface area contributed by atoms with E-state index in [0.29, 0.717) is 25.7 Å². The fourth-order valence-electron chi connectivity index (χ4n) is 9.43. The first-order valence-corrected chi connectivity index (χ1v) is 41.4. The lowest BCUT2D eigenvalue weighted by Gasteiger charge is -2.28. The molecule has 24 nitrogen and oxygen atoms in total. The molecule has 0 bridgehead atoms. The third kappa shape index (κ3) is 79.4. The number of rotatable bonds is 76. The number of aliphatic hydroxyl groups excluding tert-OH is 8. The number of hydrogen-bond donors (Lipinski definition) is 8. The molecule has 8 N–H and O–H groups in total. The van der Waals surface area contributed by atoms with E-state index in [1.54, 1.807) is 13.8 Å². The maximum Gasteiger partial charge on any atom is 0.453 e. The van der Waals surface area contributed by atoms with Gasteiger partial charge in [0.2, 0.25) is 0 Å². The van der Waals surface area contributed by atoms with E-state index in [1.807, 2.05) is 0 Å². The Kier molecular flexibility index (Phi) is 68.9. The van der Waals surface area contributed by atoms with Crippen molar-refractivity contribution < 1.29 is 263 Å². The minimum Gasteiger partial charge on any atom is -0.396 e. The molecule has 134 heavy (non-hydrogen) atoms. The van der Waals surface area contributed by atoms with Crippen LogP contribution in [0, 0.1) is 44.3 Å². The third-order valence-corrected chi connectivity index (χ3v) is 17.6. The van der Waals surface area contributed by atoms with Crippen molar-refractivity contribution in [1.29, 1.82) is 0 Å². The average Bonchev–Trinajstić information content (AvgIpc) is 0.843. The molecule has 8 unspecified atom stereocenters. The molecule has 0 aromatic carbocycles. The van der Waals surface area contributed by atoms with Gasteiger partial charge in [0.1, 0.15) is 26.1 Å². The highest BCUT2D eigenvalue weighted by atomic mass is 19.5. The highest BCUT2D eigenvalue weighted by Gasteiger charge is 2.58. The van der Waals surface area contributed by atoms with Gasteiger partial charge in [-0.15, -0.1) is 0 Å². The lowest BCUT2D eigenvalue weighted by molar-refractivity contribution is -0.287. The van der Waals surface area contributed by atoms with Crippen molar-refractivity contribution in [2.45, 2.75) is 192 Å². The fraction of sp³-hybridized carbons (Fsp3) is 1.00. The highest BCUT2D eigenvalue weighted by Crippen LogP contribution is 2.41. The highest BCUT2D eigenvalue weighted by molar-refractivity contribution is 4.81. The van der Waals surface area contributed by atoms with E-state index in [9.17, 15) is 176 Å². The van der Waals surface area contributed by atoms with E-state index in [-0.39, 0.29) is 184 Å². The number of alkyl halides is 32. The molecule has 0 fully saturated rings. The predicted molar refractivity (Wildman–Crippen MR) is 418 cm³/mol. The van der Waals surface area contributed by atoms with Crippen LogP contribution in [0.2, 0.25) is 0 Å². The molecule has 8 atom stereocenters. The molecular formula is C78H140F32O24. The lowest BCUT2D eigenvalue weighted by atomic mass is 9.94. The van der Waals surface area contributed by atoms with Crippen LogP contribution >= 0.6 is 0 Å². The van der Waals surface area contributed by atoms with Crippen LogP contribution in [0.5, 0.6) is 0 Å². The molecule has 0 radical (unpaired) electrons. The van der Waals surface area contributed by atoms with Gasteiger partial charge in [-0.2, -0.15) is 123 Å². The Morgan fingerprint density at radius 3 is 0.575 bits per heavy atom. The van der Waals surface area contributed by atoms with E-state index in [4.69, 9.17) is 71.4 Å². The van der Waals surface area contributed by atoms with Crippen LogP contribution in [0.1, 0.15) is 124 Å². The molecule has 820 valence electrons. The summed E-state index contributed by atoms with van der Waals surface area (Å²) in [5, 5.41) is 74.9. The van der Waals surface area contributed by atoms with Crippen LogP contribution in [0.3, 0.4) is 0 Å². The Balaban J connectivity index is -0.000000271. The van der Waals surface area contributed by atoms with E-state index in [2.05, 4.69) is 9.47 Å². The normalized spacial score (nSPS) is 16.5. The molecule has 0 aliphatic rings. The molecule has 0 amide bonds. The van der Waals surface area contributed by atoms with Crippen LogP contribution in [-0.4, -0.2) is 378 Å². The average molecular weight is 2070 g/mol. The second-order valence-electron chi connectivity index (χ2n) is 33.8. The SMILES string of the molecule is CC(CO)(COCCCOCC(C)(CO)COCCC(F)(F)CC(F)(F)F)COCCC(F)(F)CC(F)(F)F.CC(CO)(COCCCOCC(C)(CO)COCCC(F)(F)F)COCCC(F)(F)F.CC(CO)(COCCCOCC(CO)COCC(F)(F)F)COCC(F)(F)F.CC(CO)(COCCCOCC(CO)COCCC(F)(F)C(F)(F)F)COCCC(F)(F)C(F)(F)F.[HH].[HH].[HH].[HH]. The number of ether oxygens (including phenoxy) is 16. The van der Waals surface area contributed by atoms with Crippen molar-refractivity contribution in [2.24, 2.45) is 44.3 Å². The molecule has 0 saturated heterocycles. The summed E-state index contributed by atoms with van der Waals surface area (Å²) in [4.78, 5) is 0. The Morgan fingerprint density at radius 1 is 0.194 bits per heavy atom. The van der Waals surface area contributed by atoms with E-state index < -0.39 is 255 Å². The summed E-state index contributed by atoms with van der Waals surface area (Å²) in [5.41, 5.74) is -5.71. The molecule has 0 aromatic rings. The predicted octanol–water partition coefficient (Wildman–Crippen LogP) is 16.1. The van der Waals surface area contributed by atoms with Gasteiger partial charge >= 0.3 is 61.3 Å². The van der Waals surface area contributed by atoms with Gasteiger partial charge < -0.3 is 117 Å². The van der Waals surface area contributed by atoms with Gasteiger partial charge in [-0.05, 0) is 25.7 Å².